The number of amides is 1. The lowest BCUT2D eigenvalue weighted by molar-refractivity contribution is -0.137. The van der Waals surface area contributed by atoms with Crippen molar-refractivity contribution in [2.45, 2.75) is 31.7 Å². The number of pyridine rings is 1. The molecule has 2 fully saturated rings. The minimum absolute atomic E-state index is 0.0951. The van der Waals surface area contributed by atoms with Gasteiger partial charge in [0.25, 0.3) is 0 Å². The summed E-state index contributed by atoms with van der Waals surface area (Å²) in [5, 5.41) is 0. The van der Waals surface area contributed by atoms with Gasteiger partial charge in [-0.25, -0.2) is 12.7 Å². The molecule has 1 aromatic heterocycles. The van der Waals surface area contributed by atoms with Crippen molar-refractivity contribution in [2.24, 2.45) is 5.92 Å². The second-order valence-electron chi connectivity index (χ2n) is 6.43. The van der Waals surface area contributed by atoms with Crippen molar-refractivity contribution >= 4 is 15.9 Å². The first-order valence-corrected chi connectivity index (χ1v) is 9.97. The van der Waals surface area contributed by atoms with Crippen molar-refractivity contribution in [1.82, 2.24) is 14.2 Å². The fourth-order valence-electron chi connectivity index (χ4n) is 3.64. The predicted octanol–water partition coefficient (Wildman–Crippen LogP) is 1.42. The lowest BCUT2D eigenvalue weighted by atomic mass is 9.97. The van der Waals surface area contributed by atoms with Crippen LogP contribution < -0.4 is 0 Å². The van der Waals surface area contributed by atoms with Crippen LogP contribution in [0.2, 0.25) is 0 Å². The number of nitrogens with zero attached hydrogens (tertiary/aromatic N) is 3. The van der Waals surface area contributed by atoms with E-state index >= 15 is 0 Å². The number of hydrogen-bond donors (Lipinski definition) is 0. The number of rotatable bonds is 3. The van der Waals surface area contributed by atoms with E-state index in [0.717, 1.165) is 37.8 Å². The van der Waals surface area contributed by atoms with Gasteiger partial charge in [-0.3, -0.25) is 9.78 Å². The fraction of sp³-hybridized carbons (Fsp3) is 0.625. The molecule has 23 heavy (non-hydrogen) atoms. The first-order valence-electron chi connectivity index (χ1n) is 8.12. The second kappa shape index (κ2) is 6.57. The molecule has 7 heteroatoms. The van der Waals surface area contributed by atoms with Gasteiger partial charge in [-0.05, 0) is 43.4 Å². The summed E-state index contributed by atoms with van der Waals surface area (Å²) in [4.78, 5) is 18.9. The highest BCUT2D eigenvalue weighted by molar-refractivity contribution is 7.88. The normalized spacial score (nSPS) is 26.4. The van der Waals surface area contributed by atoms with Crippen molar-refractivity contribution < 1.29 is 13.2 Å². The Bertz CT molecular complexity index is 662. The van der Waals surface area contributed by atoms with Gasteiger partial charge >= 0.3 is 0 Å². The number of carbonyl (C=O) groups excluding carboxylic acids is 1. The molecule has 0 saturated carbocycles. The van der Waals surface area contributed by atoms with Crippen LogP contribution in [0.5, 0.6) is 0 Å². The van der Waals surface area contributed by atoms with E-state index in [9.17, 15) is 13.2 Å². The summed E-state index contributed by atoms with van der Waals surface area (Å²) in [5.74, 6) is -0.126. The molecule has 0 radical (unpaired) electrons. The average molecular weight is 337 g/mol. The molecule has 2 aliphatic heterocycles. The van der Waals surface area contributed by atoms with Crippen LogP contribution in [0.15, 0.2) is 24.5 Å². The van der Waals surface area contributed by atoms with Crippen molar-refractivity contribution in [3.05, 3.63) is 30.1 Å². The highest BCUT2D eigenvalue weighted by atomic mass is 32.2. The van der Waals surface area contributed by atoms with Gasteiger partial charge in [0.15, 0.2) is 0 Å². The third-order valence-corrected chi connectivity index (χ3v) is 6.10. The predicted molar refractivity (Wildman–Crippen MR) is 87.1 cm³/mol. The summed E-state index contributed by atoms with van der Waals surface area (Å²) < 4.78 is 25.0. The maximum Gasteiger partial charge on any atom is 0.227 e. The molecular formula is C16H23N3O3S. The Morgan fingerprint density at radius 2 is 1.87 bits per heavy atom. The van der Waals surface area contributed by atoms with Crippen LogP contribution in [-0.4, -0.2) is 54.4 Å². The Morgan fingerprint density at radius 1 is 1.17 bits per heavy atom. The van der Waals surface area contributed by atoms with E-state index in [0.29, 0.717) is 13.1 Å². The monoisotopic (exact) mass is 337 g/mol. The number of sulfonamides is 1. The molecular weight excluding hydrogens is 314 g/mol. The summed E-state index contributed by atoms with van der Waals surface area (Å²) in [6, 6.07) is 4.01. The molecule has 2 atom stereocenters. The molecule has 0 spiro atoms. The van der Waals surface area contributed by atoms with Crippen molar-refractivity contribution in [1.29, 1.82) is 0 Å². The van der Waals surface area contributed by atoms with E-state index in [-0.39, 0.29) is 17.9 Å². The fourth-order valence-corrected chi connectivity index (χ4v) is 4.55. The van der Waals surface area contributed by atoms with Gasteiger partial charge in [0.05, 0.1) is 18.2 Å². The zero-order valence-electron chi connectivity index (χ0n) is 13.4. The Balaban J connectivity index is 1.74. The highest BCUT2D eigenvalue weighted by Crippen LogP contribution is 2.34. The molecule has 6 nitrogen and oxygen atoms in total. The molecule has 0 aliphatic carbocycles. The van der Waals surface area contributed by atoms with E-state index in [1.165, 1.54) is 10.6 Å². The first-order chi connectivity index (χ1) is 11.0. The summed E-state index contributed by atoms with van der Waals surface area (Å²) in [6.45, 7) is 1.59. The molecule has 0 bridgehead atoms. The molecule has 0 unspecified atom stereocenters. The van der Waals surface area contributed by atoms with E-state index < -0.39 is 10.0 Å². The molecule has 0 aromatic carbocycles. The van der Waals surface area contributed by atoms with Crippen LogP contribution in [0.25, 0.3) is 0 Å². The third kappa shape index (κ3) is 3.55. The second-order valence-corrected chi connectivity index (χ2v) is 8.41. The average Bonchev–Trinajstić information content (AvgIpc) is 3.04. The number of carbonyl (C=O) groups is 1. The summed E-state index contributed by atoms with van der Waals surface area (Å²) in [6.07, 6.45) is 8.18. The minimum atomic E-state index is -3.23. The lowest BCUT2D eigenvalue weighted by Gasteiger charge is -2.34. The van der Waals surface area contributed by atoms with Crippen LogP contribution in [0.3, 0.4) is 0 Å². The molecule has 0 N–H and O–H groups in total. The molecule has 2 saturated heterocycles. The summed E-state index contributed by atoms with van der Waals surface area (Å²) in [7, 11) is -3.23. The van der Waals surface area contributed by atoms with Crippen LogP contribution in [-0.2, 0) is 14.8 Å². The molecule has 3 rings (SSSR count). The summed E-state index contributed by atoms with van der Waals surface area (Å²) in [5.41, 5.74) is 1.11. The van der Waals surface area contributed by atoms with Gasteiger partial charge in [0.2, 0.25) is 15.9 Å². The zero-order valence-corrected chi connectivity index (χ0v) is 14.2. The number of piperidine rings is 1. The minimum Gasteiger partial charge on any atom is -0.335 e. The SMILES string of the molecule is CS(=O)(=O)N1CCC[C@@H](C(=O)N2CCC[C@H]2c2ccncc2)C1. The topological polar surface area (TPSA) is 70.6 Å². The van der Waals surface area contributed by atoms with Gasteiger partial charge in [-0.15, -0.1) is 0 Å². The van der Waals surface area contributed by atoms with Crippen molar-refractivity contribution in [2.75, 3.05) is 25.9 Å². The number of hydrogen-bond acceptors (Lipinski definition) is 4. The van der Waals surface area contributed by atoms with Gasteiger partial charge < -0.3 is 4.90 Å². The Kier molecular flexibility index (Phi) is 4.68. The van der Waals surface area contributed by atoms with Crippen LogP contribution in [0, 0.1) is 5.92 Å². The van der Waals surface area contributed by atoms with Gasteiger partial charge in [0, 0.05) is 32.0 Å². The Morgan fingerprint density at radius 3 is 2.57 bits per heavy atom. The maximum absolute atomic E-state index is 12.9. The van der Waals surface area contributed by atoms with Gasteiger partial charge in [-0.1, -0.05) is 0 Å². The summed E-state index contributed by atoms with van der Waals surface area (Å²) >= 11 is 0. The molecule has 2 aliphatic rings. The van der Waals surface area contributed by atoms with Crippen molar-refractivity contribution in [3.8, 4) is 0 Å². The third-order valence-electron chi connectivity index (χ3n) is 4.83. The van der Waals surface area contributed by atoms with E-state index in [2.05, 4.69) is 4.98 Å². The van der Waals surface area contributed by atoms with Crippen LogP contribution >= 0.6 is 0 Å². The van der Waals surface area contributed by atoms with Gasteiger partial charge in [-0.2, -0.15) is 0 Å². The molecule has 1 amide bonds. The molecule has 3 heterocycles. The van der Waals surface area contributed by atoms with E-state index in [1.807, 2.05) is 17.0 Å². The first kappa shape index (κ1) is 16.4. The van der Waals surface area contributed by atoms with E-state index in [4.69, 9.17) is 0 Å². The number of likely N-dealkylation sites (tertiary alicyclic amines) is 1. The van der Waals surface area contributed by atoms with Gasteiger partial charge in [0.1, 0.15) is 0 Å². The molecule has 126 valence electrons. The Hall–Kier alpha value is -1.47. The Labute approximate surface area is 137 Å². The lowest BCUT2D eigenvalue weighted by Crippen LogP contribution is -2.46. The van der Waals surface area contributed by atoms with E-state index in [1.54, 1.807) is 12.4 Å². The van der Waals surface area contributed by atoms with Crippen LogP contribution in [0.1, 0.15) is 37.3 Å². The largest absolute Gasteiger partial charge is 0.335 e. The smallest absolute Gasteiger partial charge is 0.227 e. The highest BCUT2D eigenvalue weighted by Gasteiger charge is 2.37. The van der Waals surface area contributed by atoms with Crippen molar-refractivity contribution in [3.63, 3.8) is 0 Å². The quantitative estimate of drug-likeness (QED) is 0.836. The number of aromatic nitrogens is 1. The standard InChI is InChI=1S/C16H23N3O3S/c1-23(21,22)18-10-2-4-14(12-18)16(20)19-11-3-5-15(19)13-6-8-17-9-7-13/h6-9,14-15H,2-5,10-12H2,1H3/t14-,15+/m1/s1. The molecule has 1 aromatic rings. The van der Waals surface area contributed by atoms with Crippen LogP contribution in [0.4, 0.5) is 0 Å². The zero-order chi connectivity index (χ0) is 16.4. The maximum atomic E-state index is 12.9.